The number of methoxy groups -OCH3 is 1. The molecule has 0 bridgehead atoms. The van der Waals surface area contributed by atoms with Crippen LogP contribution in [-0.4, -0.2) is 68.0 Å². The Morgan fingerprint density at radius 1 is 0.929 bits per heavy atom. The van der Waals surface area contributed by atoms with E-state index < -0.39 is 0 Å². The van der Waals surface area contributed by atoms with Gasteiger partial charge in [-0.2, -0.15) is 0 Å². The van der Waals surface area contributed by atoms with E-state index in [9.17, 15) is 9.18 Å². The quantitative estimate of drug-likeness (QED) is 0.818. The van der Waals surface area contributed by atoms with Gasteiger partial charge in [-0.1, -0.05) is 0 Å². The average Bonchev–Trinajstić information content (AvgIpc) is 3.24. The Labute approximate surface area is 163 Å². The summed E-state index contributed by atoms with van der Waals surface area (Å²) in [5.74, 6) is 1.21. The third-order valence-corrected chi connectivity index (χ3v) is 5.15. The van der Waals surface area contributed by atoms with Crippen molar-refractivity contribution < 1.29 is 13.9 Å². The summed E-state index contributed by atoms with van der Waals surface area (Å²) in [6, 6.07) is 13.7. The highest BCUT2D eigenvalue weighted by Crippen LogP contribution is 2.20. The number of guanidine groups is 1. The van der Waals surface area contributed by atoms with E-state index in [4.69, 9.17) is 4.74 Å². The number of piperazine rings is 1. The molecule has 1 fully saturated rings. The number of hydrogen-bond acceptors (Lipinski definition) is 5. The van der Waals surface area contributed by atoms with E-state index in [1.165, 1.54) is 12.1 Å². The van der Waals surface area contributed by atoms with Crippen LogP contribution in [0, 0.1) is 5.82 Å². The number of benzene rings is 2. The molecule has 1 saturated heterocycles. The van der Waals surface area contributed by atoms with E-state index >= 15 is 0 Å². The summed E-state index contributed by atoms with van der Waals surface area (Å²) < 4.78 is 18.3. The number of carbonyl (C=O) groups is 1. The van der Waals surface area contributed by atoms with Gasteiger partial charge >= 0.3 is 0 Å². The first-order valence-corrected chi connectivity index (χ1v) is 9.41. The Kier molecular flexibility index (Phi) is 5.14. The lowest BCUT2D eigenvalue weighted by Gasteiger charge is -2.38. The van der Waals surface area contributed by atoms with Gasteiger partial charge in [0.1, 0.15) is 11.6 Å². The van der Waals surface area contributed by atoms with Gasteiger partial charge in [0.25, 0.3) is 5.91 Å². The molecule has 1 amide bonds. The fourth-order valence-corrected chi connectivity index (χ4v) is 3.60. The predicted molar refractivity (Wildman–Crippen MR) is 107 cm³/mol. The summed E-state index contributed by atoms with van der Waals surface area (Å²) >= 11 is 0. The van der Waals surface area contributed by atoms with E-state index in [-0.39, 0.29) is 11.7 Å². The maximum atomic E-state index is 13.1. The Morgan fingerprint density at radius 3 is 2.21 bits per heavy atom. The third-order valence-electron chi connectivity index (χ3n) is 5.15. The molecule has 0 atom stereocenters. The summed E-state index contributed by atoms with van der Waals surface area (Å²) in [5.41, 5.74) is 1.64. The molecule has 2 aromatic carbocycles. The van der Waals surface area contributed by atoms with Crippen molar-refractivity contribution in [2.24, 2.45) is 4.99 Å². The Balaban J connectivity index is 1.41. The van der Waals surface area contributed by atoms with Gasteiger partial charge in [0.15, 0.2) is 0 Å². The van der Waals surface area contributed by atoms with Crippen LogP contribution in [0.4, 0.5) is 10.1 Å². The maximum Gasteiger partial charge on any atom is 0.260 e. The van der Waals surface area contributed by atoms with E-state index in [0.717, 1.165) is 43.6 Å². The molecule has 4 rings (SSSR count). The Hall–Kier alpha value is -3.09. The fourth-order valence-electron chi connectivity index (χ4n) is 3.60. The van der Waals surface area contributed by atoms with Crippen LogP contribution in [0.5, 0.6) is 5.75 Å². The second kappa shape index (κ2) is 7.88. The van der Waals surface area contributed by atoms with Crippen LogP contribution in [0.15, 0.2) is 53.5 Å². The van der Waals surface area contributed by atoms with Crippen LogP contribution < -0.4 is 9.64 Å². The van der Waals surface area contributed by atoms with Crippen molar-refractivity contribution in [2.45, 2.75) is 0 Å². The number of amides is 1. The van der Waals surface area contributed by atoms with Crippen LogP contribution in [0.3, 0.4) is 0 Å². The largest absolute Gasteiger partial charge is 0.497 e. The van der Waals surface area contributed by atoms with Crippen LogP contribution >= 0.6 is 0 Å². The smallest absolute Gasteiger partial charge is 0.260 e. The highest BCUT2D eigenvalue weighted by molar-refractivity contribution is 6.06. The molecule has 0 spiro atoms. The maximum absolute atomic E-state index is 13.1. The van der Waals surface area contributed by atoms with Crippen molar-refractivity contribution in [2.75, 3.05) is 51.3 Å². The molecule has 0 aromatic heterocycles. The number of rotatable bonds is 3. The zero-order valence-electron chi connectivity index (χ0n) is 15.8. The monoisotopic (exact) mass is 382 g/mol. The van der Waals surface area contributed by atoms with Gasteiger partial charge in [0.05, 0.1) is 13.7 Å². The van der Waals surface area contributed by atoms with E-state index in [0.29, 0.717) is 18.7 Å². The van der Waals surface area contributed by atoms with Gasteiger partial charge in [0.2, 0.25) is 5.96 Å². The lowest BCUT2D eigenvalue weighted by atomic mass is 10.2. The normalized spacial score (nSPS) is 16.9. The summed E-state index contributed by atoms with van der Waals surface area (Å²) in [6.07, 6.45) is 0. The molecule has 0 N–H and O–H groups in total. The zero-order chi connectivity index (χ0) is 19.5. The van der Waals surface area contributed by atoms with Crippen molar-refractivity contribution in [1.82, 2.24) is 9.80 Å². The predicted octanol–water partition coefficient (Wildman–Crippen LogP) is 2.47. The fraction of sp³-hybridized carbons (Fsp3) is 0.333. The first-order valence-electron chi connectivity index (χ1n) is 9.41. The zero-order valence-corrected chi connectivity index (χ0v) is 15.8. The highest BCUT2D eigenvalue weighted by Gasteiger charge is 2.30. The second-order valence-corrected chi connectivity index (χ2v) is 6.82. The van der Waals surface area contributed by atoms with E-state index in [1.807, 2.05) is 0 Å². The number of carbonyl (C=O) groups excluding carboxylic acids is 1. The summed E-state index contributed by atoms with van der Waals surface area (Å²) in [4.78, 5) is 23.7. The molecule has 0 saturated carbocycles. The van der Waals surface area contributed by atoms with Crippen molar-refractivity contribution in [1.29, 1.82) is 0 Å². The lowest BCUT2D eigenvalue weighted by Crippen LogP contribution is -2.53. The molecule has 7 heteroatoms. The van der Waals surface area contributed by atoms with Crippen LogP contribution in [0.25, 0.3) is 0 Å². The molecule has 0 radical (unpaired) electrons. The van der Waals surface area contributed by atoms with E-state index in [2.05, 4.69) is 14.8 Å². The lowest BCUT2D eigenvalue weighted by molar-refractivity contribution is 0.0843. The summed E-state index contributed by atoms with van der Waals surface area (Å²) in [5, 5.41) is 0. The number of ether oxygens (including phenoxy) is 1. The van der Waals surface area contributed by atoms with Crippen LogP contribution in [-0.2, 0) is 0 Å². The Bertz CT molecular complexity index is 859. The first-order chi connectivity index (χ1) is 13.7. The van der Waals surface area contributed by atoms with Gasteiger partial charge in [-0.15, -0.1) is 0 Å². The van der Waals surface area contributed by atoms with E-state index in [1.54, 1.807) is 48.4 Å². The topological polar surface area (TPSA) is 48.4 Å². The third kappa shape index (κ3) is 3.65. The summed E-state index contributed by atoms with van der Waals surface area (Å²) in [6.45, 7) is 4.35. The molecular weight excluding hydrogens is 359 g/mol. The standard InChI is InChI=1S/C21H23FN4O2/c1-28-19-8-2-16(3-9-19)20(27)26-11-10-23-21(26)25-14-12-24(13-15-25)18-6-4-17(22)5-7-18/h2-9H,10-15H2,1H3. The molecule has 28 heavy (non-hydrogen) atoms. The van der Waals surface area contributed by atoms with Gasteiger partial charge in [-0.3, -0.25) is 14.7 Å². The number of nitrogens with zero attached hydrogens (tertiary/aromatic N) is 4. The van der Waals surface area contributed by atoms with Crippen LogP contribution in [0.1, 0.15) is 10.4 Å². The van der Waals surface area contributed by atoms with Crippen molar-refractivity contribution in [3.8, 4) is 5.75 Å². The molecule has 0 unspecified atom stereocenters. The Morgan fingerprint density at radius 2 is 1.57 bits per heavy atom. The van der Waals surface area contributed by atoms with Gasteiger partial charge in [0, 0.05) is 44.0 Å². The highest BCUT2D eigenvalue weighted by atomic mass is 19.1. The van der Waals surface area contributed by atoms with Gasteiger partial charge in [-0.25, -0.2) is 4.39 Å². The minimum atomic E-state index is -0.226. The molecule has 6 nitrogen and oxygen atoms in total. The molecule has 2 aliphatic heterocycles. The molecule has 2 aromatic rings. The molecular formula is C21H23FN4O2. The van der Waals surface area contributed by atoms with Crippen LogP contribution in [0.2, 0.25) is 0 Å². The van der Waals surface area contributed by atoms with Crippen molar-refractivity contribution in [3.63, 3.8) is 0 Å². The van der Waals surface area contributed by atoms with Gasteiger partial charge < -0.3 is 14.5 Å². The number of halogens is 1. The van der Waals surface area contributed by atoms with Gasteiger partial charge in [-0.05, 0) is 48.5 Å². The number of aliphatic imine (C=N–C) groups is 1. The SMILES string of the molecule is COc1ccc(C(=O)N2CCN=C2N2CCN(c3ccc(F)cc3)CC2)cc1. The summed E-state index contributed by atoms with van der Waals surface area (Å²) in [7, 11) is 1.60. The molecule has 0 aliphatic carbocycles. The molecule has 2 heterocycles. The molecule has 146 valence electrons. The van der Waals surface area contributed by atoms with Crippen molar-refractivity contribution >= 4 is 17.6 Å². The average molecular weight is 382 g/mol. The minimum absolute atomic E-state index is 0.0418. The first kappa shape index (κ1) is 18.3. The number of hydrogen-bond donors (Lipinski definition) is 0. The second-order valence-electron chi connectivity index (χ2n) is 6.82. The number of anilines is 1. The minimum Gasteiger partial charge on any atom is -0.497 e. The molecule has 2 aliphatic rings. The van der Waals surface area contributed by atoms with Crippen molar-refractivity contribution in [3.05, 3.63) is 59.9 Å².